The molecular formula is C7H13IO2. The summed E-state index contributed by atoms with van der Waals surface area (Å²) >= 11 is 2.38. The van der Waals surface area contributed by atoms with Crippen LogP contribution in [0.4, 0.5) is 0 Å². The number of rotatable bonds is 2. The van der Waals surface area contributed by atoms with Crippen molar-refractivity contribution >= 4 is 22.6 Å². The van der Waals surface area contributed by atoms with E-state index in [4.69, 9.17) is 9.47 Å². The van der Waals surface area contributed by atoms with Gasteiger partial charge in [0.15, 0.2) is 0 Å². The summed E-state index contributed by atoms with van der Waals surface area (Å²) < 4.78 is 11.8. The second-order valence-corrected chi connectivity index (χ2v) is 3.40. The van der Waals surface area contributed by atoms with Gasteiger partial charge in [0.1, 0.15) is 0 Å². The third-order valence-corrected chi connectivity index (χ3v) is 3.47. The number of alkyl halides is 1. The van der Waals surface area contributed by atoms with Gasteiger partial charge in [-0.05, 0) is 0 Å². The highest BCUT2D eigenvalue weighted by Gasteiger charge is 2.30. The molecule has 10 heavy (non-hydrogen) atoms. The molecular weight excluding hydrogens is 243 g/mol. The van der Waals surface area contributed by atoms with Gasteiger partial charge in [-0.1, -0.05) is 22.6 Å². The third kappa shape index (κ3) is 1.83. The van der Waals surface area contributed by atoms with E-state index >= 15 is 0 Å². The Bertz CT molecular complexity index is 93.8. The van der Waals surface area contributed by atoms with Gasteiger partial charge < -0.3 is 9.47 Å². The Balaban J connectivity index is 2.44. The first kappa shape index (κ1) is 8.74. The number of ether oxygens (including phenoxy) is 2. The van der Waals surface area contributed by atoms with Crippen molar-refractivity contribution in [2.45, 2.75) is 18.4 Å². The molecule has 1 rings (SSSR count). The summed E-state index contributed by atoms with van der Waals surface area (Å²) in [7, 11) is 1.80. The van der Waals surface area contributed by atoms with Crippen LogP contribution < -0.4 is 0 Å². The minimum absolute atomic E-state index is 0.124. The molecule has 0 spiro atoms. The maximum atomic E-state index is 5.44. The Kier molecular flexibility index (Phi) is 3.39. The number of halogens is 1. The lowest BCUT2D eigenvalue weighted by molar-refractivity contribution is -0.0723. The first-order chi connectivity index (χ1) is 4.83. The van der Waals surface area contributed by atoms with E-state index in [0.29, 0.717) is 0 Å². The molecule has 0 radical (unpaired) electrons. The van der Waals surface area contributed by atoms with Gasteiger partial charge in [-0.15, -0.1) is 0 Å². The monoisotopic (exact) mass is 256 g/mol. The molecule has 0 aromatic heterocycles. The van der Waals surface area contributed by atoms with E-state index in [0.717, 1.165) is 30.5 Å². The van der Waals surface area contributed by atoms with Crippen LogP contribution in [0.2, 0.25) is 0 Å². The summed E-state index contributed by atoms with van der Waals surface area (Å²) in [6.07, 6.45) is 2.10. The van der Waals surface area contributed by atoms with Gasteiger partial charge in [0, 0.05) is 37.6 Å². The van der Waals surface area contributed by atoms with Crippen LogP contribution in [-0.4, -0.2) is 30.4 Å². The summed E-state index contributed by atoms with van der Waals surface area (Å²) in [5.41, 5.74) is 0.124. The highest BCUT2D eigenvalue weighted by Crippen LogP contribution is 2.26. The summed E-state index contributed by atoms with van der Waals surface area (Å²) in [4.78, 5) is 0. The second-order valence-electron chi connectivity index (χ2n) is 2.63. The summed E-state index contributed by atoms with van der Waals surface area (Å²) in [5.74, 6) is 0. The molecule has 60 valence electrons. The number of hydrogen-bond acceptors (Lipinski definition) is 2. The zero-order chi connectivity index (χ0) is 7.45. The van der Waals surface area contributed by atoms with E-state index in [1.807, 2.05) is 0 Å². The summed E-state index contributed by atoms with van der Waals surface area (Å²) in [6.45, 7) is 1.72. The van der Waals surface area contributed by atoms with Crippen molar-refractivity contribution in [1.82, 2.24) is 0 Å². The molecule has 0 aliphatic carbocycles. The quantitative estimate of drug-likeness (QED) is 0.552. The molecule has 1 fully saturated rings. The average molecular weight is 256 g/mol. The van der Waals surface area contributed by atoms with E-state index in [-0.39, 0.29) is 5.60 Å². The Hall–Kier alpha value is 0.650. The fourth-order valence-electron chi connectivity index (χ4n) is 1.14. The van der Waals surface area contributed by atoms with E-state index in [1.165, 1.54) is 0 Å². The van der Waals surface area contributed by atoms with Crippen LogP contribution in [0.5, 0.6) is 0 Å². The second kappa shape index (κ2) is 3.88. The van der Waals surface area contributed by atoms with Gasteiger partial charge in [0.05, 0.1) is 5.60 Å². The molecule has 1 heterocycles. The minimum atomic E-state index is 0.124. The molecule has 1 aliphatic heterocycles. The Labute approximate surface area is 75.4 Å². The standard InChI is InChI=1S/C7H13IO2/c1-9-7(6-8)2-4-10-5-3-7/h2-6H2,1H3. The molecule has 0 aromatic rings. The van der Waals surface area contributed by atoms with Crippen molar-refractivity contribution in [1.29, 1.82) is 0 Å². The van der Waals surface area contributed by atoms with Crippen molar-refractivity contribution < 1.29 is 9.47 Å². The zero-order valence-corrected chi connectivity index (χ0v) is 8.39. The van der Waals surface area contributed by atoms with Gasteiger partial charge in [-0.25, -0.2) is 0 Å². The average Bonchev–Trinajstić information content (AvgIpc) is 2.06. The Morgan fingerprint density at radius 3 is 2.40 bits per heavy atom. The van der Waals surface area contributed by atoms with Crippen LogP contribution in [0, 0.1) is 0 Å². The first-order valence-electron chi connectivity index (χ1n) is 3.52. The number of methoxy groups -OCH3 is 1. The van der Waals surface area contributed by atoms with E-state index in [1.54, 1.807) is 7.11 Å². The van der Waals surface area contributed by atoms with Crippen LogP contribution in [0.1, 0.15) is 12.8 Å². The predicted octanol–water partition coefficient (Wildman–Crippen LogP) is 1.62. The van der Waals surface area contributed by atoms with Crippen LogP contribution >= 0.6 is 22.6 Å². The molecule has 0 N–H and O–H groups in total. The van der Waals surface area contributed by atoms with E-state index < -0.39 is 0 Å². The number of hydrogen-bond donors (Lipinski definition) is 0. The van der Waals surface area contributed by atoms with Crippen molar-refractivity contribution in [2.75, 3.05) is 24.8 Å². The zero-order valence-electron chi connectivity index (χ0n) is 6.23. The molecule has 0 amide bonds. The lowest BCUT2D eigenvalue weighted by Gasteiger charge is -2.34. The SMILES string of the molecule is COC1(CI)CCOCC1. The molecule has 2 nitrogen and oxygen atoms in total. The topological polar surface area (TPSA) is 18.5 Å². The van der Waals surface area contributed by atoms with Crippen molar-refractivity contribution in [3.05, 3.63) is 0 Å². The van der Waals surface area contributed by atoms with Gasteiger partial charge in [-0.3, -0.25) is 0 Å². The van der Waals surface area contributed by atoms with Crippen molar-refractivity contribution in [2.24, 2.45) is 0 Å². The summed E-state index contributed by atoms with van der Waals surface area (Å²) in [6, 6.07) is 0. The van der Waals surface area contributed by atoms with Gasteiger partial charge in [0.25, 0.3) is 0 Å². The maximum Gasteiger partial charge on any atom is 0.0811 e. The lowest BCUT2D eigenvalue weighted by Crippen LogP contribution is -2.39. The molecule has 0 unspecified atom stereocenters. The highest BCUT2D eigenvalue weighted by atomic mass is 127. The van der Waals surface area contributed by atoms with E-state index in [9.17, 15) is 0 Å². The van der Waals surface area contributed by atoms with Crippen LogP contribution in [0.15, 0.2) is 0 Å². The smallest absolute Gasteiger partial charge is 0.0811 e. The Morgan fingerprint density at radius 2 is 2.10 bits per heavy atom. The molecule has 1 saturated heterocycles. The van der Waals surface area contributed by atoms with Crippen LogP contribution in [0.25, 0.3) is 0 Å². The van der Waals surface area contributed by atoms with Gasteiger partial charge >= 0.3 is 0 Å². The molecule has 0 saturated carbocycles. The predicted molar refractivity (Wildman–Crippen MR) is 48.7 cm³/mol. The molecule has 0 aromatic carbocycles. The minimum Gasteiger partial charge on any atom is -0.381 e. The highest BCUT2D eigenvalue weighted by molar-refractivity contribution is 14.1. The fourth-order valence-corrected chi connectivity index (χ4v) is 2.21. The van der Waals surface area contributed by atoms with Gasteiger partial charge in [0.2, 0.25) is 0 Å². The lowest BCUT2D eigenvalue weighted by atomic mass is 9.97. The fraction of sp³-hybridized carbons (Fsp3) is 1.00. The Morgan fingerprint density at radius 1 is 1.50 bits per heavy atom. The molecule has 3 heteroatoms. The third-order valence-electron chi connectivity index (χ3n) is 2.08. The maximum absolute atomic E-state index is 5.44. The van der Waals surface area contributed by atoms with E-state index in [2.05, 4.69) is 22.6 Å². The molecule has 0 bridgehead atoms. The van der Waals surface area contributed by atoms with Crippen molar-refractivity contribution in [3.63, 3.8) is 0 Å². The largest absolute Gasteiger partial charge is 0.381 e. The van der Waals surface area contributed by atoms with Crippen LogP contribution in [-0.2, 0) is 9.47 Å². The molecule has 0 atom stereocenters. The van der Waals surface area contributed by atoms with Crippen molar-refractivity contribution in [3.8, 4) is 0 Å². The van der Waals surface area contributed by atoms with Crippen LogP contribution in [0.3, 0.4) is 0 Å². The first-order valence-corrected chi connectivity index (χ1v) is 5.04. The van der Waals surface area contributed by atoms with Gasteiger partial charge in [-0.2, -0.15) is 0 Å². The normalized spacial score (nSPS) is 24.6. The molecule has 1 aliphatic rings. The summed E-state index contributed by atoms with van der Waals surface area (Å²) in [5, 5.41) is 0.